The van der Waals surface area contributed by atoms with Crippen molar-refractivity contribution in [2.45, 2.75) is 0 Å². The van der Waals surface area contributed by atoms with Crippen molar-refractivity contribution in [3.8, 4) is 0 Å². The molecular weight excluding hydrogens is 385 g/mol. The van der Waals surface area contributed by atoms with Crippen LogP contribution in [0.15, 0.2) is 94.9 Å². The minimum atomic E-state index is -2.61. The van der Waals surface area contributed by atoms with Crippen LogP contribution < -0.4 is 0 Å². The smallest absolute Gasteiger partial charge is 0.324 e. The van der Waals surface area contributed by atoms with Crippen molar-refractivity contribution >= 4 is 46.3 Å². The summed E-state index contributed by atoms with van der Waals surface area (Å²) in [5.74, 6) is 0. The lowest BCUT2D eigenvalue weighted by molar-refractivity contribution is 0.633. The molecule has 0 aliphatic carbocycles. The van der Waals surface area contributed by atoms with E-state index in [0.29, 0.717) is 16.9 Å². The van der Waals surface area contributed by atoms with Crippen molar-refractivity contribution in [3.63, 3.8) is 0 Å². The molecule has 0 unspecified atom stereocenters. The highest BCUT2D eigenvalue weighted by molar-refractivity contribution is 7.17. The molecule has 2 aromatic heterocycles. The second-order valence-corrected chi connectivity index (χ2v) is 7.65. The summed E-state index contributed by atoms with van der Waals surface area (Å²) < 4.78 is 29.5. The standard InChI is InChI=1S/C23H15BF2N2S/c25-24(26)28-18(14-23-22(28)11-12-29-23)13-21-19(16-7-3-1-4-8-16)15-20(27-21)17-9-5-2-6-10-17/h1-15H/b21-13-. The van der Waals surface area contributed by atoms with Crippen LogP contribution in [0.5, 0.6) is 0 Å². The molecule has 140 valence electrons. The number of allylic oxidation sites excluding steroid dienone is 2. The van der Waals surface area contributed by atoms with Crippen molar-refractivity contribution in [3.05, 3.63) is 107 Å². The summed E-state index contributed by atoms with van der Waals surface area (Å²) in [6.07, 6.45) is 3.78. The average molecular weight is 400 g/mol. The first kappa shape index (κ1) is 17.8. The molecule has 0 amide bonds. The Morgan fingerprint density at radius 2 is 1.59 bits per heavy atom. The lowest BCUT2D eigenvalue weighted by Gasteiger charge is -2.06. The molecule has 0 bridgehead atoms. The molecule has 0 fully saturated rings. The van der Waals surface area contributed by atoms with E-state index in [-0.39, 0.29) is 0 Å². The molecule has 2 aromatic carbocycles. The Morgan fingerprint density at radius 3 is 2.28 bits per heavy atom. The molecule has 5 rings (SSSR count). The second kappa shape index (κ2) is 7.30. The fourth-order valence-electron chi connectivity index (χ4n) is 3.58. The Labute approximate surface area is 171 Å². The van der Waals surface area contributed by atoms with Gasteiger partial charge >= 0.3 is 7.40 Å². The third-order valence-electron chi connectivity index (χ3n) is 4.92. The van der Waals surface area contributed by atoms with Gasteiger partial charge in [-0.15, -0.1) is 11.3 Å². The molecule has 3 heterocycles. The Bertz CT molecular complexity index is 1270. The van der Waals surface area contributed by atoms with E-state index in [0.717, 1.165) is 31.6 Å². The van der Waals surface area contributed by atoms with Crippen molar-refractivity contribution in [2.75, 3.05) is 0 Å². The summed E-state index contributed by atoms with van der Waals surface area (Å²) in [7, 11) is -2.61. The van der Waals surface area contributed by atoms with Crippen LogP contribution in [0.2, 0.25) is 0 Å². The van der Waals surface area contributed by atoms with Crippen LogP contribution in [0.3, 0.4) is 0 Å². The molecule has 0 saturated heterocycles. The van der Waals surface area contributed by atoms with Gasteiger partial charge in [0.15, 0.2) is 0 Å². The highest BCUT2D eigenvalue weighted by Crippen LogP contribution is 2.34. The van der Waals surface area contributed by atoms with E-state index < -0.39 is 7.40 Å². The molecule has 1 aliphatic heterocycles. The zero-order valence-corrected chi connectivity index (χ0v) is 16.1. The number of aromatic nitrogens is 1. The number of thiophene rings is 1. The highest BCUT2D eigenvalue weighted by Gasteiger charge is 2.24. The Hall–Kier alpha value is -3.25. The summed E-state index contributed by atoms with van der Waals surface area (Å²) in [5, 5.41) is 1.83. The predicted octanol–water partition coefficient (Wildman–Crippen LogP) is 6.40. The van der Waals surface area contributed by atoms with Crippen molar-refractivity contribution in [2.24, 2.45) is 4.99 Å². The van der Waals surface area contributed by atoms with Crippen LogP contribution in [-0.4, -0.2) is 17.6 Å². The molecule has 0 radical (unpaired) electrons. The molecule has 29 heavy (non-hydrogen) atoms. The number of fused-ring (bicyclic) bond motifs is 1. The number of benzene rings is 2. The fourth-order valence-corrected chi connectivity index (χ4v) is 4.40. The third-order valence-corrected chi connectivity index (χ3v) is 5.78. The van der Waals surface area contributed by atoms with E-state index in [4.69, 9.17) is 4.99 Å². The molecular formula is C23H15BF2N2S. The number of nitrogens with zero attached hydrogens (tertiary/aromatic N) is 2. The third kappa shape index (κ3) is 3.25. The zero-order valence-electron chi connectivity index (χ0n) is 15.3. The number of halogens is 2. The van der Waals surface area contributed by atoms with Gasteiger partial charge in [-0.3, -0.25) is 8.63 Å². The number of rotatable bonds is 4. The van der Waals surface area contributed by atoms with Crippen LogP contribution in [0, 0.1) is 0 Å². The Kier molecular flexibility index (Phi) is 4.49. The van der Waals surface area contributed by atoms with E-state index in [1.165, 1.54) is 11.3 Å². The molecule has 1 aliphatic rings. The lowest BCUT2D eigenvalue weighted by Crippen LogP contribution is -2.13. The SMILES string of the molecule is FB(F)n1c(/C=C2\N=C(c3ccccc3)C=C2c2ccccc2)cc2sccc21. The zero-order chi connectivity index (χ0) is 19.8. The van der Waals surface area contributed by atoms with Crippen LogP contribution in [0.1, 0.15) is 16.8 Å². The minimum absolute atomic E-state index is 0.455. The first-order valence-electron chi connectivity index (χ1n) is 9.20. The molecule has 0 spiro atoms. The van der Waals surface area contributed by atoms with Gasteiger partial charge < -0.3 is 4.48 Å². The summed E-state index contributed by atoms with van der Waals surface area (Å²) in [4.78, 5) is 4.80. The van der Waals surface area contributed by atoms with Crippen molar-refractivity contribution < 1.29 is 8.63 Å². The van der Waals surface area contributed by atoms with E-state index in [9.17, 15) is 8.63 Å². The topological polar surface area (TPSA) is 17.3 Å². The number of aliphatic imine (C=N–C) groups is 1. The van der Waals surface area contributed by atoms with Gasteiger partial charge in [-0.05, 0) is 35.2 Å². The number of hydrogen-bond acceptors (Lipinski definition) is 2. The summed E-state index contributed by atoms with van der Waals surface area (Å²) >= 11 is 1.46. The van der Waals surface area contributed by atoms with Gasteiger partial charge in [0.05, 0.1) is 21.6 Å². The maximum atomic E-state index is 13.8. The van der Waals surface area contributed by atoms with Gasteiger partial charge in [0, 0.05) is 16.8 Å². The molecule has 2 nitrogen and oxygen atoms in total. The molecule has 6 heteroatoms. The fraction of sp³-hybridized carbons (Fsp3) is 0. The minimum Gasteiger partial charge on any atom is -0.324 e. The van der Waals surface area contributed by atoms with Crippen LogP contribution in [0.25, 0.3) is 21.9 Å². The quantitative estimate of drug-likeness (QED) is 0.353. The summed E-state index contributed by atoms with van der Waals surface area (Å²) in [5.41, 5.74) is 5.44. The van der Waals surface area contributed by atoms with Crippen molar-refractivity contribution in [1.29, 1.82) is 0 Å². The largest absolute Gasteiger partial charge is 0.678 e. The van der Waals surface area contributed by atoms with Gasteiger partial charge in [0.1, 0.15) is 0 Å². The summed E-state index contributed by atoms with van der Waals surface area (Å²) in [6.45, 7) is 0. The maximum Gasteiger partial charge on any atom is 0.678 e. The maximum absolute atomic E-state index is 13.8. The van der Waals surface area contributed by atoms with E-state index in [1.807, 2.05) is 72.1 Å². The van der Waals surface area contributed by atoms with Crippen molar-refractivity contribution in [1.82, 2.24) is 4.48 Å². The monoisotopic (exact) mass is 400 g/mol. The predicted molar refractivity (Wildman–Crippen MR) is 119 cm³/mol. The van der Waals surface area contributed by atoms with E-state index >= 15 is 0 Å². The van der Waals surface area contributed by atoms with Gasteiger partial charge in [-0.25, -0.2) is 4.99 Å². The molecule has 0 saturated carbocycles. The van der Waals surface area contributed by atoms with Gasteiger partial charge in [-0.1, -0.05) is 60.7 Å². The van der Waals surface area contributed by atoms with E-state index in [1.54, 1.807) is 18.2 Å². The first-order valence-corrected chi connectivity index (χ1v) is 10.1. The van der Waals surface area contributed by atoms with Gasteiger partial charge in [-0.2, -0.15) is 0 Å². The van der Waals surface area contributed by atoms with E-state index in [2.05, 4.69) is 0 Å². The normalized spacial score (nSPS) is 15.0. The first-order chi connectivity index (χ1) is 14.2. The van der Waals surface area contributed by atoms with Gasteiger partial charge in [0.2, 0.25) is 0 Å². The summed E-state index contributed by atoms with van der Waals surface area (Å²) in [6, 6.07) is 23.3. The number of hydrogen-bond donors (Lipinski definition) is 0. The van der Waals surface area contributed by atoms with Crippen LogP contribution >= 0.6 is 11.3 Å². The molecule has 0 atom stereocenters. The molecule has 4 aromatic rings. The second-order valence-electron chi connectivity index (χ2n) is 6.70. The average Bonchev–Trinajstić information content (AvgIpc) is 3.44. The van der Waals surface area contributed by atoms with Crippen LogP contribution in [0.4, 0.5) is 8.63 Å². The highest BCUT2D eigenvalue weighted by atomic mass is 32.1. The molecule has 0 N–H and O–H groups in total. The van der Waals surface area contributed by atoms with Crippen LogP contribution in [-0.2, 0) is 0 Å². The Morgan fingerprint density at radius 1 is 0.897 bits per heavy atom. The Balaban J connectivity index is 1.67. The van der Waals surface area contributed by atoms with Gasteiger partial charge in [0.25, 0.3) is 0 Å². The lowest BCUT2D eigenvalue weighted by atomic mass is 10.0.